The summed E-state index contributed by atoms with van der Waals surface area (Å²) in [5.41, 5.74) is 5.10. The molecule has 0 bridgehead atoms. The first kappa shape index (κ1) is 20.2. The van der Waals surface area contributed by atoms with Crippen LogP contribution in [0.5, 0.6) is 0 Å². The van der Waals surface area contributed by atoms with Crippen LogP contribution in [0.25, 0.3) is 10.1 Å². The second-order valence-electron chi connectivity index (χ2n) is 8.08. The molecule has 2 aromatic carbocycles. The van der Waals surface area contributed by atoms with Crippen LogP contribution in [0.3, 0.4) is 0 Å². The zero-order chi connectivity index (χ0) is 20.3. The summed E-state index contributed by atoms with van der Waals surface area (Å²) in [6, 6.07) is 16.2. The summed E-state index contributed by atoms with van der Waals surface area (Å²) in [7, 11) is 0. The molecule has 0 fully saturated rings. The number of hydrogen-bond donors (Lipinski definition) is 2. The number of hydrogen-bond acceptors (Lipinski definition) is 4. The number of Topliss-reactive ketones (excluding diaryl/α,β-unsaturated/α-hetero) is 1. The van der Waals surface area contributed by atoms with Crippen LogP contribution in [0.4, 0.5) is 0 Å². The van der Waals surface area contributed by atoms with Crippen molar-refractivity contribution < 1.29 is 9.59 Å². The molecule has 0 aliphatic rings. The smallest absolute Gasteiger partial charge is 0.234 e. The molecular formula is C23H26N2O2S. The van der Waals surface area contributed by atoms with Crippen LogP contribution in [0, 0.1) is 0 Å². The Balaban J connectivity index is 1.75. The maximum Gasteiger partial charge on any atom is 0.234 e. The van der Waals surface area contributed by atoms with Gasteiger partial charge >= 0.3 is 0 Å². The highest BCUT2D eigenvalue weighted by Gasteiger charge is 2.16. The first-order valence-electron chi connectivity index (χ1n) is 9.41. The lowest BCUT2D eigenvalue weighted by Crippen LogP contribution is -2.29. The van der Waals surface area contributed by atoms with E-state index >= 15 is 0 Å². The molecule has 4 nitrogen and oxygen atoms in total. The highest BCUT2D eigenvalue weighted by Crippen LogP contribution is 2.28. The topological polar surface area (TPSA) is 72.2 Å². The molecule has 1 aromatic heterocycles. The molecule has 0 saturated heterocycles. The summed E-state index contributed by atoms with van der Waals surface area (Å²) in [4.78, 5) is 25.3. The normalized spacial score (nSPS) is 11.6. The predicted molar refractivity (Wildman–Crippen MR) is 116 cm³/mol. The van der Waals surface area contributed by atoms with E-state index in [4.69, 9.17) is 5.84 Å². The number of carbonyl (C=O) groups excluding carboxylic acids is 2. The SMILES string of the molecule is CC(C)(C)c1cccc(C(=O)Cc2ccc3sc(CCC(=O)NN)cc3c2)c1. The average molecular weight is 395 g/mol. The molecule has 0 unspecified atom stereocenters. The highest BCUT2D eigenvalue weighted by molar-refractivity contribution is 7.19. The van der Waals surface area contributed by atoms with Crippen molar-refractivity contribution in [2.75, 3.05) is 0 Å². The molecule has 0 spiro atoms. The molecule has 3 N–H and O–H groups in total. The molecular weight excluding hydrogens is 368 g/mol. The lowest BCUT2D eigenvalue weighted by atomic mass is 9.85. The van der Waals surface area contributed by atoms with Gasteiger partial charge in [0.05, 0.1) is 0 Å². The number of benzene rings is 2. The van der Waals surface area contributed by atoms with Crippen LogP contribution in [0.15, 0.2) is 48.5 Å². The van der Waals surface area contributed by atoms with Gasteiger partial charge in [0.25, 0.3) is 0 Å². The van der Waals surface area contributed by atoms with Crippen molar-refractivity contribution in [2.24, 2.45) is 5.84 Å². The first-order chi connectivity index (χ1) is 13.3. The number of thiophene rings is 1. The van der Waals surface area contributed by atoms with Crippen LogP contribution in [-0.4, -0.2) is 11.7 Å². The van der Waals surface area contributed by atoms with Crippen molar-refractivity contribution in [1.29, 1.82) is 0 Å². The molecule has 0 aliphatic heterocycles. The molecule has 0 radical (unpaired) electrons. The predicted octanol–water partition coefficient (Wildman–Crippen LogP) is 4.55. The Hall–Kier alpha value is -2.50. The van der Waals surface area contributed by atoms with Gasteiger partial charge in [0.1, 0.15) is 0 Å². The number of amides is 1. The third-order valence-electron chi connectivity index (χ3n) is 4.81. The summed E-state index contributed by atoms with van der Waals surface area (Å²) in [5, 5.41) is 1.11. The number of nitrogens with two attached hydrogens (primary N) is 1. The Labute approximate surface area is 169 Å². The number of nitrogens with one attached hydrogen (secondary N) is 1. The monoisotopic (exact) mass is 394 g/mol. The maximum atomic E-state index is 12.8. The Bertz CT molecular complexity index is 1010. The van der Waals surface area contributed by atoms with Crippen LogP contribution in [0.1, 0.15) is 53.6 Å². The summed E-state index contributed by atoms with van der Waals surface area (Å²) in [5.74, 6) is 5.09. The quantitative estimate of drug-likeness (QED) is 0.279. The minimum Gasteiger partial charge on any atom is -0.294 e. The van der Waals surface area contributed by atoms with E-state index in [1.165, 1.54) is 0 Å². The van der Waals surface area contributed by atoms with Crippen LogP contribution < -0.4 is 11.3 Å². The van der Waals surface area contributed by atoms with Crippen molar-refractivity contribution in [2.45, 2.75) is 45.4 Å². The fourth-order valence-corrected chi connectivity index (χ4v) is 4.18. The molecule has 3 aromatic rings. The van der Waals surface area contributed by atoms with Gasteiger partial charge in [0, 0.05) is 28.0 Å². The summed E-state index contributed by atoms with van der Waals surface area (Å²) in [6.45, 7) is 6.45. The van der Waals surface area contributed by atoms with E-state index in [1.807, 2.05) is 24.3 Å². The standard InChI is InChI=1S/C23H26N2O2S/c1-23(2,3)18-6-4-5-16(13-18)20(26)12-15-7-9-21-17(11-15)14-19(28-21)8-10-22(27)25-24/h4-7,9,11,13-14H,8,10,12,24H2,1-3H3,(H,25,27). The fraction of sp³-hybridized carbons (Fsp3) is 0.304. The van der Waals surface area contributed by atoms with E-state index in [1.54, 1.807) is 11.3 Å². The van der Waals surface area contributed by atoms with Gasteiger partial charge in [0.2, 0.25) is 5.91 Å². The average Bonchev–Trinajstić information content (AvgIpc) is 3.07. The lowest BCUT2D eigenvalue weighted by molar-refractivity contribution is -0.121. The van der Waals surface area contributed by atoms with E-state index in [2.05, 4.69) is 50.5 Å². The Morgan fingerprint density at radius 1 is 1.07 bits per heavy atom. The van der Waals surface area contributed by atoms with E-state index in [0.29, 0.717) is 19.3 Å². The van der Waals surface area contributed by atoms with Gasteiger partial charge in [-0.25, -0.2) is 5.84 Å². The molecule has 146 valence electrons. The lowest BCUT2D eigenvalue weighted by Gasteiger charge is -2.19. The van der Waals surface area contributed by atoms with Crippen LogP contribution >= 0.6 is 11.3 Å². The number of carbonyl (C=O) groups is 2. The third kappa shape index (κ3) is 4.86. The van der Waals surface area contributed by atoms with Gasteiger partial charge in [-0.1, -0.05) is 45.0 Å². The van der Waals surface area contributed by atoms with Crippen molar-refractivity contribution in [3.8, 4) is 0 Å². The van der Waals surface area contributed by atoms with Crippen LogP contribution in [-0.2, 0) is 23.1 Å². The Kier molecular flexibility index (Phi) is 5.96. The largest absolute Gasteiger partial charge is 0.294 e. The van der Waals surface area contributed by atoms with Crippen molar-refractivity contribution in [1.82, 2.24) is 5.43 Å². The fourth-order valence-electron chi connectivity index (χ4n) is 3.14. The molecule has 0 aliphatic carbocycles. The zero-order valence-corrected chi connectivity index (χ0v) is 17.4. The Morgan fingerprint density at radius 2 is 1.86 bits per heavy atom. The number of fused-ring (bicyclic) bond motifs is 1. The first-order valence-corrected chi connectivity index (χ1v) is 10.2. The van der Waals surface area contributed by atoms with Crippen molar-refractivity contribution in [3.05, 3.63) is 70.1 Å². The van der Waals surface area contributed by atoms with Gasteiger partial charge < -0.3 is 0 Å². The Morgan fingerprint density at radius 3 is 2.57 bits per heavy atom. The van der Waals surface area contributed by atoms with Gasteiger partial charge in [0.15, 0.2) is 5.78 Å². The van der Waals surface area contributed by atoms with Gasteiger partial charge in [-0.3, -0.25) is 15.0 Å². The van der Waals surface area contributed by atoms with Crippen LogP contribution in [0.2, 0.25) is 0 Å². The molecule has 28 heavy (non-hydrogen) atoms. The minimum atomic E-state index is -0.166. The molecule has 1 heterocycles. The summed E-state index contributed by atoms with van der Waals surface area (Å²) in [6.07, 6.45) is 1.42. The second-order valence-corrected chi connectivity index (χ2v) is 9.25. The van der Waals surface area contributed by atoms with E-state index in [0.717, 1.165) is 31.7 Å². The number of hydrazine groups is 1. The number of rotatable bonds is 6. The number of aryl methyl sites for hydroxylation is 1. The number of ketones is 1. The molecule has 1 amide bonds. The molecule has 5 heteroatoms. The van der Waals surface area contributed by atoms with E-state index in [-0.39, 0.29) is 17.1 Å². The van der Waals surface area contributed by atoms with E-state index in [9.17, 15) is 9.59 Å². The molecule has 0 saturated carbocycles. The maximum absolute atomic E-state index is 12.8. The van der Waals surface area contributed by atoms with Gasteiger partial charge in [-0.15, -0.1) is 11.3 Å². The third-order valence-corrected chi connectivity index (χ3v) is 5.98. The van der Waals surface area contributed by atoms with Crippen molar-refractivity contribution >= 4 is 33.1 Å². The van der Waals surface area contributed by atoms with Gasteiger partial charge in [-0.05, 0) is 52.6 Å². The summed E-state index contributed by atoms with van der Waals surface area (Å²) >= 11 is 1.67. The van der Waals surface area contributed by atoms with E-state index < -0.39 is 0 Å². The van der Waals surface area contributed by atoms with Gasteiger partial charge in [-0.2, -0.15) is 0 Å². The highest BCUT2D eigenvalue weighted by atomic mass is 32.1. The minimum absolute atomic E-state index is 0.0169. The van der Waals surface area contributed by atoms with Crippen molar-refractivity contribution in [3.63, 3.8) is 0 Å². The zero-order valence-electron chi connectivity index (χ0n) is 16.5. The second kappa shape index (κ2) is 8.25. The molecule has 3 rings (SSSR count). The summed E-state index contributed by atoms with van der Waals surface area (Å²) < 4.78 is 1.16. The molecule has 0 atom stereocenters.